The van der Waals surface area contributed by atoms with E-state index in [-0.39, 0.29) is 5.15 Å². The zero-order valence-electron chi connectivity index (χ0n) is 10.4. The van der Waals surface area contributed by atoms with Gasteiger partial charge in [-0.15, -0.1) is 0 Å². The number of hydrogen-bond donors (Lipinski definition) is 1. The number of nitrogens with one attached hydrogen (secondary N) is 1. The molecule has 2 rings (SSSR count). The van der Waals surface area contributed by atoms with E-state index in [4.69, 9.17) is 11.6 Å². The van der Waals surface area contributed by atoms with Gasteiger partial charge in [0.1, 0.15) is 5.15 Å². The fourth-order valence-corrected chi connectivity index (χ4v) is 1.96. The highest BCUT2D eigenvalue weighted by Crippen LogP contribution is 2.15. The summed E-state index contributed by atoms with van der Waals surface area (Å²) < 4.78 is 1.11. The summed E-state index contributed by atoms with van der Waals surface area (Å²) >= 11 is 5.78. The first-order valence-electron chi connectivity index (χ1n) is 5.51. The number of H-pyrrole nitrogens is 1. The highest BCUT2D eigenvalue weighted by Gasteiger charge is 2.12. The predicted molar refractivity (Wildman–Crippen MR) is 71.9 cm³/mol. The third kappa shape index (κ3) is 1.88. The van der Waals surface area contributed by atoms with Crippen LogP contribution in [0.15, 0.2) is 27.8 Å². The highest BCUT2D eigenvalue weighted by molar-refractivity contribution is 6.30. The van der Waals surface area contributed by atoms with Gasteiger partial charge >= 0.3 is 5.69 Å². The molecule has 0 aliphatic heterocycles. The lowest BCUT2D eigenvalue weighted by Gasteiger charge is -2.11. The van der Waals surface area contributed by atoms with E-state index < -0.39 is 11.2 Å². The van der Waals surface area contributed by atoms with Crippen molar-refractivity contribution in [3.63, 3.8) is 0 Å². The minimum absolute atomic E-state index is 0.0894. The third-order valence-electron chi connectivity index (χ3n) is 3.09. The Bertz CT molecular complexity index is 729. The third-order valence-corrected chi connectivity index (χ3v) is 3.47. The quantitative estimate of drug-likeness (QED) is 0.802. The van der Waals surface area contributed by atoms with E-state index in [1.165, 1.54) is 0 Å². The van der Waals surface area contributed by atoms with Crippen LogP contribution in [0.2, 0.25) is 5.15 Å². The molecule has 0 bridgehead atoms. The lowest BCUT2D eigenvalue weighted by Crippen LogP contribution is -2.35. The van der Waals surface area contributed by atoms with Crippen LogP contribution in [0, 0.1) is 20.8 Å². The van der Waals surface area contributed by atoms with Gasteiger partial charge in [-0.3, -0.25) is 9.78 Å². The summed E-state index contributed by atoms with van der Waals surface area (Å²) in [6.45, 7) is 5.39. The second kappa shape index (κ2) is 4.46. The molecule has 0 radical (unpaired) electrons. The molecule has 2 aromatic rings. The fourth-order valence-electron chi connectivity index (χ4n) is 1.79. The van der Waals surface area contributed by atoms with Gasteiger partial charge in [0, 0.05) is 0 Å². The van der Waals surface area contributed by atoms with Crippen molar-refractivity contribution in [2.75, 3.05) is 0 Å². The maximum Gasteiger partial charge on any atom is 0.334 e. The summed E-state index contributed by atoms with van der Waals surface area (Å²) in [4.78, 5) is 26.5. The average molecular weight is 265 g/mol. The van der Waals surface area contributed by atoms with Gasteiger partial charge in [0.15, 0.2) is 0 Å². The van der Waals surface area contributed by atoms with Crippen molar-refractivity contribution >= 4 is 11.6 Å². The van der Waals surface area contributed by atoms with E-state index in [0.717, 1.165) is 15.7 Å². The zero-order chi connectivity index (χ0) is 13.4. The molecule has 0 saturated carbocycles. The van der Waals surface area contributed by atoms with Gasteiger partial charge < -0.3 is 0 Å². The Balaban J connectivity index is 2.89. The Labute approximate surface area is 109 Å². The van der Waals surface area contributed by atoms with Crippen molar-refractivity contribution in [3.8, 4) is 5.69 Å². The van der Waals surface area contributed by atoms with Crippen molar-refractivity contribution in [2.45, 2.75) is 20.8 Å². The number of aromatic nitrogens is 2. The maximum absolute atomic E-state index is 12.1. The molecule has 4 nitrogen and oxygen atoms in total. The van der Waals surface area contributed by atoms with Crippen LogP contribution in [0.25, 0.3) is 5.69 Å². The molecule has 1 aromatic heterocycles. The average Bonchev–Trinajstić information content (AvgIpc) is 2.32. The van der Waals surface area contributed by atoms with Crippen molar-refractivity contribution in [1.82, 2.24) is 9.55 Å². The number of nitrogens with zero attached hydrogens (tertiary/aromatic N) is 1. The second-order valence-corrected chi connectivity index (χ2v) is 4.61. The Morgan fingerprint density at radius 1 is 1.11 bits per heavy atom. The molecule has 0 aliphatic rings. The SMILES string of the molecule is Cc1cccc(-n2c(=O)[nH]c(Cl)c(C)c2=O)c1C. The molecule has 0 amide bonds. The summed E-state index contributed by atoms with van der Waals surface area (Å²) in [7, 11) is 0. The molecular weight excluding hydrogens is 252 g/mol. The van der Waals surface area contributed by atoms with E-state index in [1.807, 2.05) is 26.0 Å². The first kappa shape index (κ1) is 12.6. The molecule has 0 unspecified atom stereocenters. The predicted octanol–water partition coefficient (Wildman–Crippen LogP) is 2.10. The lowest BCUT2D eigenvalue weighted by molar-refractivity contribution is 0.852. The van der Waals surface area contributed by atoms with Crippen LogP contribution in [0.1, 0.15) is 16.7 Å². The number of halogens is 1. The summed E-state index contributed by atoms with van der Waals surface area (Å²) in [5.41, 5.74) is 1.91. The maximum atomic E-state index is 12.1. The van der Waals surface area contributed by atoms with Gasteiger partial charge in [0.25, 0.3) is 5.56 Å². The van der Waals surface area contributed by atoms with Crippen LogP contribution >= 0.6 is 11.6 Å². The monoisotopic (exact) mass is 264 g/mol. The molecule has 0 fully saturated rings. The van der Waals surface area contributed by atoms with Crippen LogP contribution in [-0.4, -0.2) is 9.55 Å². The summed E-state index contributed by atoms with van der Waals surface area (Å²) in [6, 6.07) is 5.49. The number of aromatic amines is 1. The Morgan fingerprint density at radius 2 is 1.78 bits per heavy atom. The molecule has 18 heavy (non-hydrogen) atoms. The second-order valence-electron chi connectivity index (χ2n) is 4.23. The van der Waals surface area contributed by atoms with Crippen LogP contribution < -0.4 is 11.2 Å². The molecular formula is C13H13ClN2O2. The minimum Gasteiger partial charge on any atom is -0.297 e. The van der Waals surface area contributed by atoms with E-state index in [9.17, 15) is 9.59 Å². The van der Waals surface area contributed by atoms with Gasteiger partial charge in [0.2, 0.25) is 0 Å². The van der Waals surface area contributed by atoms with Gasteiger partial charge in [-0.2, -0.15) is 0 Å². The zero-order valence-corrected chi connectivity index (χ0v) is 11.1. The minimum atomic E-state index is -0.524. The van der Waals surface area contributed by atoms with Gasteiger partial charge in [-0.05, 0) is 38.0 Å². The normalized spacial score (nSPS) is 10.7. The number of rotatable bonds is 1. The van der Waals surface area contributed by atoms with Crippen LogP contribution in [0.3, 0.4) is 0 Å². The summed E-state index contributed by atoms with van der Waals surface area (Å²) in [5, 5.41) is 0.0894. The molecule has 1 aromatic carbocycles. The Morgan fingerprint density at radius 3 is 2.44 bits per heavy atom. The summed E-state index contributed by atoms with van der Waals surface area (Å²) in [5.74, 6) is 0. The van der Waals surface area contributed by atoms with Crippen molar-refractivity contribution in [1.29, 1.82) is 0 Å². The standard InChI is InChI=1S/C13H13ClN2O2/c1-7-5-4-6-10(8(7)2)16-12(17)9(3)11(14)15-13(16)18/h4-6H,1-3H3,(H,15,18). The first-order chi connectivity index (χ1) is 8.43. The van der Waals surface area contributed by atoms with Gasteiger partial charge in [-0.25, -0.2) is 9.36 Å². The van der Waals surface area contributed by atoms with Crippen molar-refractivity contribution in [2.24, 2.45) is 0 Å². The molecule has 0 atom stereocenters. The smallest absolute Gasteiger partial charge is 0.297 e. The molecule has 94 valence electrons. The first-order valence-corrected chi connectivity index (χ1v) is 5.89. The molecule has 0 aliphatic carbocycles. The van der Waals surface area contributed by atoms with E-state index in [2.05, 4.69) is 4.98 Å². The summed E-state index contributed by atoms with van der Waals surface area (Å²) in [6.07, 6.45) is 0. The Hall–Kier alpha value is -1.81. The molecule has 5 heteroatoms. The van der Waals surface area contributed by atoms with Crippen molar-refractivity contribution < 1.29 is 0 Å². The van der Waals surface area contributed by atoms with Crippen LogP contribution in [0.5, 0.6) is 0 Å². The molecule has 0 spiro atoms. The van der Waals surface area contributed by atoms with Crippen LogP contribution in [0.4, 0.5) is 0 Å². The lowest BCUT2D eigenvalue weighted by atomic mass is 10.1. The Kier molecular flexibility index (Phi) is 3.13. The molecule has 1 N–H and O–H groups in total. The molecule has 0 saturated heterocycles. The van der Waals surface area contributed by atoms with Gasteiger partial charge in [-0.1, -0.05) is 23.7 Å². The van der Waals surface area contributed by atoms with E-state index >= 15 is 0 Å². The fraction of sp³-hybridized carbons (Fsp3) is 0.231. The number of aryl methyl sites for hydroxylation is 1. The largest absolute Gasteiger partial charge is 0.334 e. The highest BCUT2D eigenvalue weighted by atomic mass is 35.5. The number of hydrogen-bond acceptors (Lipinski definition) is 2. The van der Waals surface area contributed by atoms with Crippen molar-refractivity contribution in [3.05, 3.63) is 60.9 Å². The van der Waals surface area contributed by atoms with E-state index in [1.54, 1.807) is 13.0 Å². The van der Waals surface area contributed by atoms with Crippen LogP contribution in [-0.2, 0) is 0 Å². The molecule has 1 heterocycles. The topological polar surface area (TPSA) is 54.9 Å². The van der Waals surface area contributed by atoms with E-state index in [0.29, 0.717) is 11.3 Å². The van der Waals surface area contributed by atoms with Gasteiger partial charge in [0.05, 0.1) is 11.3 Å². The number of benzene rings is 1.